The van der Waals surface area contributed by atoms with Crippen molar-refractivity contribution < 1.29 is 4.74 Å². The summed E-state index contributed by atoms with van der Waals surface area (Å²) in [4.78, 5) is 0. The third kappa shape index (κ3) is 5.85. The first-order valence-corrected chi connectivity index (χ1v) is 7.92. The van der Waals surface area contributed by atoms with E-state index < -0.39 is 0 Å². The molecule has 20 heavy (non-hydrogen) atoms. The van der Waals surface area contributed by atoms with Crippen LogP contribution in [0, 0.1) is 18.8 Å². The maximum atomic E-state index is 5.77. The highest BCUT2D eigenvalue weighted by Crippen LogP contribution is 2.28. The van der Waals surface area contributed by atoms with Crippen molar-refractivity contribution in [3.8, 4) is 5.75 Å². The van der Waals surface area contributed by atoms with Crippen LogP contribution >= 0.6 is 0 Å². The van der Waals surface area contributed by atoms with Crippen LogP contribution in [0.1, 0.15) is 53.0 Å². The molecule has 0 fully saturated rings. The SMILES string of the molecule is CCOc1cc(C)ccc1NC(CC(C)C)CC(C)C. The minimum atomic E-state index is 0.511. The molecule has 1 aromatic carbocycles. The van der Waals surface area contributed by atoms with E-state index in [1.165, 1.54) is 18.4 Å². The minimum Gasteiger partial charge on any atom is -0.492 e. The van der Waals surface area contributed by atoms with Crippen LogP contribution in [0.15, 0.2) is 18.2 Å². The Morgan fingerprint density at radius 3 is 2.15 bits per heavy atom. The second-order valence-electron chi connectivity index (χ2n) is 6.53. The predicted molar refractivity (Wildman–Crippen MR) is 88.7 cm³/mol. The van der Waals surface area contributed by atoms with E-state index in [0.717, 1.165) is 11.4 Å². The number of nitrogens with one attached hydrogen (secondary N) is 1. The lowest BCUT2D eigenvalue weighted by atomic mass is 9.95. The fraction of sp³-hybridized carbons (Fsp3) is 0.667. The number of rotatable bonds is 8. The van der Waals surface area contributed by atoms with Gasteiger partial charge in [-0.1, -0.05) is 33.8 Å². The van der Waals surface area contributed by atoms with Crippen LogP contribution < -0.4 is 10.1 Å². The van der Waals surface area contributed by atoms with Crippen LogP contribution in [0.2, 0.25) is 0 Å². The van der Waals surface area contributed by atoms with Gasteiger partial charge in [-0.05, 0) is 56.2 Å². The first-order chi connectivity index (χ1) is 9.42. The van der Waals surface area contributed by atoms with Gasteiger partial charge in [0.1, 0.15) is 5.75 Å². The van der Waals surface area contributed by atoms with Crippen molar-refractivity contribution in [3.63, 3.8) is 0 Å². The summed E-state index contributed by atoms with van der Waals surface area (Å²) in [5.74, 6) is 2.38. The van der Waals surface area contributed by atoms with Gasteiger partial charge in [-0.25, -0.2) is 0 Å². The summed E-state index contributed by atoms with van der Waals surface area (Å²) in [6.07, 6.45) is 2.38. The number of hydrogen-bond acceptors (Lipinski definition) is 2. The Balaban J connectivity index is 2.85. The zero-order chi connectivity index (χ0) is 15.1. The number of anilines is 1. The molecule has 0 atom stereocenters. The summed E-state index contributed by atoms with van der Waals surface area (Å²) < 4.78 is 5.77. The normalized spacial score (nSPS) is 11.4. The first kappa shape index (κ1) is 16.9. The lowest BCUT2D eigenvalue weighted by molar-refractivity contribution is 0.340. The van der Waals surface area contributed by atoms with E-state index in [0.29, 0.717) is 24.5 Å². The molecule has 0 spiro atoms. The topological polar surface area (TPSA) is 21.3 Å². The zero-order valence-electron chi connectivity index (χ0n) is 14.0. The van der Waals surface area contributed by atoms with Gasteiger partial charge in [0.15, 0.2) is 0 Å². The van der Waals surface area contributed by atoms with E-state index in [1.54, 1.807) is 0 Å². The molecule has 0 unspecified atom stereocenters. The Kier molecular flexibility index (Phi) is 6.90. The van der Waals surface area contributed by atoms with Crippen LogP contribution in [-0.2, 0) is 0 Å². The summed E-state index contributed by atoms with van der Waals surface area (Å²) in [6.45, 7) is 14.0. The van der Waals surface area contributed by atoms with Gasteiger partial charge in [-0.3, -0.25) is 0 Å². The van der Waals surface area contributed by atoms with E-state index in [2.05, 4.69) is 58.1 Å². The number of aryl methyl sites for hydroxylation is 1. The molecule has 0 radical (unpaired) electrons. The fourth-order valence-electron chi connectivity index (χ4n) is 2.60. The molecule has 0 heterocycles. The molecule has 0 aliphatic heterocycles. The van der Waals surface area contributed by atoms with Crippen molar-refractivity contribution in [2.24, 2.45) is 11.8 Å². The second kappa shape index (κ2) is 8.18. The van der Waals surface area contributed by atoms with Crippen molar-refractivity contribution in [3.05, 3.63) is 23.8 Å². The largest absolute Gasteiger partial charge is 0.492 e. The lowest BCUT2D eigenvalue weighted by Crippen LogP contribution is -2.24. The van der Waals surface area contributed by atoms with E-state index in [4.69, 9.17) is 4.74 Å². The van der Waals surface area contributed by atoms with Crippen molar-refractivity contribution in [2.45, 2.75) is 60.4 Å². The Hall–Kier alpha value is -1.18. The fourth-order valence-corrected chi connectivity index (χ4v) is 2.60. The van der Waals surface area contributed by atoms with Gasteiger partial charge >= 0.3 is 0 Å². The van der Waals surface area contributed by atoms with Crippen molar-refractivity contribution >= 4 is 5.69 Å². The molecular formula is C18H31NO. The molecule has 1 N–H and O–H groups in total. The smallest absolute Gasteiger partial charge is 0.142 e. The highest BCUT2D eigenvalue weighted by molar-refractivity contribution is 5.58. The second-order valence-corrected chi connectivity index (χ2v) is 6.53. The highest BCUT2D eigenvalue weighted by atomic mass is 16.5. The van der Waals surface area contributed by atoms with E-state index in [1.807, 2.05) is 6.92 Å². The van der Waals surface area contributed by atoms with Gasteiger partial charge in [0.05, 0.1) is 12.3 Å². The van der Waals surface area contributed by atoms with Gasteiger partial charge in [-0.2, -0.15) is 0 Å². The van der Waals surface area contributed by atoms with Crippen molar-refractivity contribution in [1.82, 2.24) is 0 Å². The molecule has 2 nitrogen and oxygen atoms in total. The van der Waals surface area contributed by atoms with E-state index >= 15 is 0 Å². The van der Waals surface area contributed by atoms with Crippen LogP contribution in [-0.4, -0.2) is 12.6 Å². The zero-order valence-corrected chi connectivity index (χ0v) is 14.0. The molecule has 0 aliphatic rings. The van der Waals surface area contributed by atoms with E-state index in [-0.39, 0.29) is 0 Å². The minimum absolute atomic E-state index is 0.511. The maximum Gasteiger partial charge on any atom is 0.142 e. The molecular weight excluding hydrogens is 246 g/mol. The average molecular weight is 277 g/mol. The third-order valence-corrected chi connectivity index (χ3v) is 3.31. The summed E-state index contributed by atoms with van der Waals surface area (Å²) in [5, 5.41) is 3.70. The quantitative estimate of drug-likeness (QED) is 0.699. The molecule has 2 heteroatoms. The molecule has 0 amide bonds. The van der Waals surface area contributed by atoms with Gasteiger partial charge in [0.25, 0.3) is 0 Å². The molecule has 0 saturated carbocycles. The Morgan fingerprint density at radius 2 is 1.65 bits per heavy atom. The summed E-state index contributed by atoms with van der Waals surface area (Å²) in [6, 6.07) is 6.92. The molecule has 114 valence electrons. The average Bonchev–Trinajstić information content (AvgIpc) is 2.31. The van der Waals surface area contributed by atoms with Gasteiger partial charge in [-0.15, -0.1) is 0 Å². The molecule has 0 bridgehead atoms. The number of hydrogen-bond donors (Lipinski definition) is 1. The molecule has 1 aromatic rings. The Bertz CT molecular complexity index is 388. The highest BCUT2D eigenvalue weighted by Gasteiger charge is 2.15. The Morgan fingerprint density at radius 1 is 1.05 bits per heavy atom. The van der Waals surface area contributed by atoms with Crippen LogP contribution in [0.25, 0.3) is 0 Å². The van der Waals surface area contributed by atoms with Crippen molar-refractivity contribution in [2.75, 3.05) is 11.9 Å². The Labute approximate surface area is 124 Å². The van der Waals surface area contributed by atoms with Crippen LogP contribution in [0.5, 0.6) is 5.75 Å². The summed E-state index contributed by atoms with van der Waals surface area (Å²) >= 11 is 0. The van der Waals surface area contributed by atoms with Crippen LogP contribution in [0.3, 0.4) is 0 Å². The predicted octanol–water partition coefficient (Wildman–Crippen LogP) is 5.27. The monoisotopic (exact) mass is 277 g/mol. The molecule has 0 aliphatic carbocycles. The van der Waals surface area contributed by atoms with Crippen molar-refractivity contribution in [1.29, 1.82) is 0 Å². The van der Waals surface area contributed by atoms with E-state index in [9.17, 15) is 0 Å². The third-order valence-electron chi connectivity index (χ3n) is 3.31. The summed E-state index contributed by atoms with van der Waals surface area (Å²) in [7, 11) is 0. The summed E-state index contributed by atoms with van der Waals surface area (Å²) in [5.41, 5.74) is 2.37. The number of benzene rings is 1. The van der Waals surface area contributed by atoms with Gasteiger partial charge in [0.2, 0.25) is 0 Å². The van der Waals surface area contributed by atoms with Crippen LogP contribution in [0.4, 0.5) is 5.69 Å². The molecule has 0 aromatic heterocycles. The maximum absolute atomic E-state index is 5.77. The first-order valence-electron chi connectivity index (χ1n) is 7.92. The standard InChI is InChI=1S/C18H31NO/c1-7-20-18-12-15(6)8-9-17(18)19-16(10-13(2)3)11-14(4)5/h8-9,12-14,16,19H,7,10-11H2,1-6H3. The van der Waals surface area contributed by atoms with Gasteiger partial charge in [0, 0.05) is 6.04 Å². The molecule has 0 saturated heterocycles. The molecule has 1 rings (SSSR count). The lowest BCUT2D eigenvalue weighted by Gasteiger charge is -2.25. The van der Waals surface area contributed by atoms with Gasteiger partial charge < -0.3 is 10.1 Å². The number of ether oxygens (including phenoxy) is 1.